The smallest absolute Gasteiger partial charge is 0.410 e. The lowest BCUT2D eigenvalue weighted by Crippen LogP contribution is -2.50. The fourth-order valence-electron chi connectivity index (χ4n) is 4.66. The third-order valence-electron chi connectivity index (χ3n) is 6.83. The molecule has 2 aliphatic rings. The zero-order chi connectivity index (χ0) is 28.9. The molecule has 1 saturated carbocycles. The van der Waals surface area contributed by atoms with Gasteiger partial charge in [0.15, 0.2) is 0 Å². The van der Waals surface area contributed by atoms with Crippen LogP contribution in [0.2, 0.25) is 0 Å². The van der Waals surface area contributed by atoms with Gasteiger partial charge in [0.25, 0.3) is 0 Å². The number of benzene rings is 1. The van der Waals surface area contributed by atoms with Crippen LogP contribution in [0.25, 0.3) is 0 Å². The van der Waals surface area contributed by atoms with Gasteiger partial charge in [-0.25, -0.2) is 23.4 Å². The number of hydrogen-bond donors (Lipinski definition) is 3. The molecule has 0 spiro atoms. The summed E-state index contributed by atoms with van der Waals surface area (Å²) in [6, 6.07) is 7.60. The second-order valence-electron chi connectivity index (χ2n) is 9.84. The minimum absolute atomic E-state index is 0.0119. The van der Waals surface area contributed by atoms with Crippen LogP contribution in [-0.2, 0) is 22.7 Å². The van der Waals surface area contributed by atoms with Crippen molar-refractivity contribution in [2.45, 2.75) is 63.0 Å². The quantitative estimate of drug-likeness (QED) is 0.403. The van der Waals surface area contributed by atoms with Crippen LogP contribution in [0.15, 0.2) is 48.7 Å². The van der Waals surface area contributed by atoms with E-state index in [4.69, 9.17) is 4.74 Å². The monoisotopic (exact) mass is 569 g/mol. The van der Waals surface area contributed by atoms with Crippen LogP contribution in [0.1, 0.15) is 36.8 Å². The fraction of sp³-hybridized carbons (Fsp3) is 0.462. The van der Waals surface area contributed by atoms with E-state index in [1.807, 2.05) is 5.32 Å². The van der Waals surface area contributed by atoms with Crippen LogP contribution in [0.5, 0.6) is 0 Å². The molecule has 1 aliphatic carbocycles. The Hall–Kier alpha value is -3.97. The molecular weight excluding hydrogens is 541 g/mol. The molecule has 4 rings (SSSR count). The summed E-state index contributed by atoms with van der Waals surface area (Å²) in [4.78, 5) is 42.8. The standard InChI is InChI=1S/C26H28F5N5O4/c27-25(28)9-6-18(7-10-25)21(35-24(39)40-15-16-4-2-1-3-5-16)22(37)34-20-12-17(8-11-32-20)13-36-14-19(26(29,30)31)33-23(36)38/h1-5,8,11-12,18-19,21H,6-7,9-10,13-15H2,(H,33,38)(H,35,39)(H,32,34,37)/t19-,21-/m0/s1. The Bertz CT molecular complexity index is 1200. The first kappa shape index (κ1) is 29.0. The van der Waals surface area contributed by atoms with Crippen molar-refractivity contribution in [1.29, 1.82) is 0 Å². The maximum atomic E-state index is 13.8. The molecule has 2 fully saturated rings. The molecule has 216 valence electrons. The number of pyridine rings is 1. The highest BCUT2D eigenvalue weighted by atomic mass is 19.4. The minimum Gasteiger partial charge on any atom is -0.445 e. The Morgan fingerprint density at radius 3 is 2.48 bits per heavy atom. The molecule has 0 radical (unpaired) electrons. The number of rotatable bonds is 8. The first-order valence-electron chi connectivity index (χ1n) is 12.6. The van der Waals surface area contributed by atoms with Gasteiger partial charge in [0.1, 0.15) is 24.5 Å². The van der Waals surface area contributed by atoms with E-state index >= 15 is 0 Å². The van der Waals surface area contributed by atoms with Crippen molar-refractivity contribution in [3.8, 4) is 0 Å². The first-order valence-corrected chi connectivity index (χ1v) is 12.6. The van der Waals surface area contributed by atoms with E-state index in [2.05, 4.69) is 15.6 Å². The predicted molar refractivity (Wildman–Crippen MR) is 132 cm³/mol. The Balaban J connectivity index is 1.41. The topological polar surface area (TPSA) is 113 Å². The van der Waals surface area contributed by atoms with E-state index < -0.39 is 67.5 Å². The third kappa shape index (κ3) is 7.79. The number of carbonyl (C=O) groups excluding carboxylic acids is 3. The molecule has 2 heterocycles. The number of nitrogens with one attached hydrogen (secondary N) is 3. The average molecular weight is 570 g/mol. The SMILES string of the molecule is O=C(N[C@H](C(=O)Nc1cc(CN2C[C@@H](C(F)(F)F)NC2=O)ccn1)C1CCC(F)(F)CC1)OCc1ccccc1. The molecule has 3 N–H and O–H groups in total. The molecule has 1 saturated heterocycles. The van der Waals surface area contributed by atoms with Crippen LogP contribution in [-0.4, -0.2) is 58.6 Å². The Labute approximate surface area is 226 Å². The lowest BCUT2D eigenvalue weighted by molar-refractivity contribution is -0.149. The zero-order valence-corrected chi connectivity index (χ0v) is 21.2. The molecular formula is C26H28F5N5O4. The number of urea groups is 1. The highest BCUT2D eigenvalue weighted by molar-refractivity contribution is 5.96. The van der Waals surface area contributed by atoms with Gasteiger partial charge in [-0.15, -0.1) is 0 Å². The molecule has 4 amide bonds. The van der Waals surface area contributed by atoms with E-state index in [0.29, 0.717) is 11.1 Å². The Kier molecular flexibility index (Phi) is 8.74. The Morgan fingerprint density at radius 2 is 1.82 bits per heavy atom. The molecule has 14 heteroatoms. The number of anilines is 1. The summed E-state index contributed by atoms with van der Waals surface area (Å²) >= 11 is 0. The van der Waals surface area contributed by atoms with Crippen molar-refractivity contribution >= 4 is 23.8 Å². The number of ether oxygens (including phenoxy) is 1. The Morgan fingerprint density at radius 1 is 1.12 bits per heavy atom. The van der Waals surface area contributed by atoms with Gasteiger partial charge >= 0.3 is 18.3 Å². The normalized spacial score (nSPS) is 20.0. The van der Waals surface area contributed by atoms with E-state index in [-0.39, 0.29) is 31.8 Å². The number of carbonyl (C=O) groups is 3. The third-order valence-corrected chi connectivity index (χ3v) is 6.83. The summed E-state index contributed by atoms with van der Waals surface area (Å²) in [5.41, 5.74) is 1.11. The van der Waals surface area contributed by atoms with Crippen molar-refractivity contribution in [2.75, 3.05) is 11.9 Å². The summed E-state index contributed by atoms with van der Waals surface area (Å²) < 4.78 is 71.7. The second kappa shape index (κ2) is 12.0. The average Bonchev–Trinajstić information content (AvgIpc) is 3.27. The van der Waals surface area contributed by atoms with Crippen LogP contribution >= 0.6 is 0 Å². The fourth-order valence-corrected chi connectivity index (χ4v) is 4.66. The van der Waals surface area contributed by atoms with Gasteiger partial charge in [-0.1, -0.05) is 30.3 Å². The number of amides is 4. The molecule has 0 unspecified atom stereocenters. The molecule has 2 atom stereocenters. The second-order valence-corrected chi connectivity index (χ2v) is 9.84. The van der Waals surface area contributed by atoms with Crippen LogP contribution in [0, 0.1) is 5.92 Å². The van der Waals surface area contributed by atoms with E-state index in [9.17, 15) is 36.3 Å². The van der Waals surface area contributed by atoms with Crippen molar-refractivity contribution in [3.05, 3.63) is 59.8 Å². The number of nitrogens with zero attached hydrogens (tertiary/aromatic N) is 2. The summed E-state index contributed by atoms with van der Waals surface area (Å²) in [5.74, 6) is -4.15. The van der Waals surface area contributed by atoms with Gasteiger partial charge in [0, 0.05) is 25.6 Å². The number of alkyl halides is 5. The molecule has 2 aromatic rings. The highest BCUT2D eigenvalue weighted by Crippen LogP contribution is 2.37. The van der Waals surface area contributed by atoms with E-state index in [0.717, 1.165) is 4.90 Å². The maximum absolute atomic E-state index is 13.8. The number of aromatic nitrogens is 1. The molecule has 1 aliphatic heterocycles. The maximum Gasteiger partial charge on any atom is 0.410 e. The predicted octanol–water partition coefficient (Wildman–Crippen LogP) is 4.60. The van der Waals surface area contributed by atoms with Gasteiger partial charge in [0.05, 0.1) is 6.54 Å². The van der Waals surface area contributed by atoms with Crippen molar-refractivity contribution in [3.63, 3.8) is 0 Å². The van der Waals surface area contributed by atoms with Crippen LogP contribution < -0.4 is 16.0 Å². The van der Waals surface area contributed by atoms with Crippen molar-refractivity contribution in [2.24, 2.45) is 5.92 Å². The number of alkyl carbamates (subject to hydrolysis) is 1. The van der Waals surface area contributed by atoms with Gasteiger partial charge < -0.3 is 25.6 Å². The molecule has 1 aromatic carbocycles. The summed E-state index contributed by atoms with van der Waals surface area (Å²) in [5, 5.41) is 6.91. The number of halogens is 5. The van der Waals surface area contributed by atoms with E-state index in [1.54, 1.807) is 30.3 Å². The zero-order valence-electron chi connectivity index (χ0n) is 21.2. The molecule has 1 aromatic heterocycles. The summed E-state index contributed by atoms with van der Waals surface area (Å²) in [6.07, 6.45) is -5.08. The summed E-state index contributed by atoms with van der Waals surface area (Å²) in [6.45, 7) is -0.808. The lowest BCUT2D eigenvalue weighted by atomic mass is 9.81. The van der Waals surface area contributed by atoms with Crippen molar-refractivity contribution in [1.82, 2.24) is 20.5 Å². The molecule has 0 bridgehead atoms. The lowest BCUT2D eigenvalue weighted by Gasteiger charge is -2.33. The highest BCUT2D eigenvalue weighted by Gasteiger charge is 2.46. The van der Waals surface area contributed by atoms with Crippen molar-refractivity contribution < 1.29 is 41.1 Å². The van der Waals surface area contributed by atoms with E-state index in [1.165, 1.54) is 18.3 Å². The van der Waals surface area contributed by atoms with Gasteiger partial charge in [-0.05, 0) is 42.0 Å². The van der Waals surface area contributed by atoms with Crippen LogP contribution in [0.4, 0.5) is 37.4 Å². The van der Waals surface area contributed by atoms with Gasteiger partial charge in [-0.3, -0.25) is 4.79 Å². The van der Waals surface area contributed by atoms with Gasteiger partial charge in [-0.2, -0.15) is 13.2 Å². The molecule has 40 heavy (non-hydrogen) atoms. The number of hydrogen-bond acceptors (Lipinski definition) is 5. The van der Waals surface area contributed by atoms with Crippen LogP contribution in [0.3, 0.4) is 0 Å². The minimum atomic E-state index is -4.59. The summed E-state index contributed by atoms with van der Waals surface area (Å²) in [7, 11) is 0. The largest absolute Gasteiger partial charge is 0.445 e. The first-order chi connectivity index (χ1) is 18.9. The molecule has 9 nitrogen and oxygen atoms in total. The van der Waals surface area contributed by atoms with Gasteiger partial charge in [0.2, 0.25) is 11.8 Å².